The van der Waals surface area contributed by atoms with Gasteiger partial charge in [-0.2, -0.15) is 0 Å². The van der Waals surface area contributed by atoms with Gasteiger partial charge in [-0.3, -0.25) is 0 Å². The summed E-state index contributed by atoms with van der Waals surface area (Å²) in [5.74, 6) is -1.38. The number of hydrogen-bond acceptors (Lipinski definition) is 0. The Labute approximate surface area is 91.1 Å². The molecule has 1 aromatic rings. The van der Waals surface area contributed by atoms with Gasteiger partial charge >= 0.3 is 74.6 Å². The summed E-state index contributed by atoms with van der Waals surface area (Å²) in [7, 11) is 0. The zero-order valence-electron chi connectivity index (χ0n) is 5.37. The molecule has 0 N–H and O–H groups in total. The van der Waals surface area contributed by atoms with E-state index in [1.165, 1.54) is 27.8 Å². The van der Waals surface area contributed by atoms with Crippen LogP contribution in [0.3, 0.4) is 0 Å². The summed E-state index contributed by atoms with van der Waals surface area (Å²) in [5, 5.41) is -0.424. The molecule has 0 spiro atoms. The van der Waals surface area contributed by atoms with Crippen molar-refractivity contribution in [2.24, 2.45) is 0 Å². The average molecular weight is 252 g/mol. The van der Waals surface area contributed by atoms with Crippen molar-refractivity contribution in [1.29, 1.82) is 0 Å². The molecule has 0 fully saturated rings. The van der Waals surface area contributed by atoms with E-state index in [-0.39, 0.29) is 17.0 Å². The van der Waals surface area contributed by atoms with E-state index in [9.17, 15) is 8.78 Å². The smallest absolute Gasteiger partial charge is 1.00 e. The molecular weight excluding hydrogens is 250 g/mol. The Morgan fingerprint density at radius 3 is 2.27 bits per heavy atom. The average Bonchev–Trinajstić information content (AvgIpc) is 1.93. The first-order chi connectivity index (χ1) is 4.63. The molecule has 0 aliphatic carbocycles. The Morgan fingerprint density at radius 2 is 1.82 bits per heavy atom. The van der Waals surface area contributed by atoms with Crippen LogP contribution in [0, 0.1) is 11.6 Å². The van der Waals surface area contributed by atoms with E-state index < -0.39 is 16.7 Å². The largest absolute Gasteiger partial charge is 1.00 e. The first-order valence-electron chi connectivity index (χ1n) is 2.58. The van der Waals surface area contributed by atoms with Crippen molar-refractivity contribution in [1.82, 2.24) is 0 Å². The molecule has 0 radical (unpaired) electrons. The fraction of sp³-hybridized carbons (Fsp3) is 0. The molecule has 0 aromatic heterocycles. The van der Waals surface area contributed by atoms with Crippen LogP contribution < -0.4 is 20.7 Å². The number of halogens is 4. The summed E-state index contributed by atoms with van der Waals surface area (Å²) >= 11 is 6.57. The van der Waals surface area contributed by atoms with E-state index in [0.29, 0.717) is 3.69 Å². The van der Waals surface area contributed by atoms with Crippen LogP contribution in [0.1, 0.15) is 0 Å². The van der Waals surface area contributed by atoms with Gasteiger partial charge in [0.2, 0.25) is 0 Å². The van der Waals surface area contributed by atoms with Crippen molar-refractivity contribution in [3.8, 4) is 0 Å². The Morgan fingerprint density at radius 1 is 1.27 bits per heavy atom. The molecule has 0 bridgehead atoms. The van der Waals surface area contributed by atoms with E-state index in [0.717, 1.165) is 6.07 Å². The molecular formula is C6H2BrClF2Mg. The SMILES string of the molecule is Fc1cc[c]([Mg+])c(F)c1Cl.[Br-]. The van der Waals surface area contributed by atoms with Gasteiger partial charge in [-0.15, -0.1) is 0 Å². The van der Waals surface area contributed by atoms with Crippen LogP contribution >= 0.6 is 11.6 Å². The van der Waals surface area contributed by atoms with E-state index in [1.807, 2.05) is 0 Å². The Balaban J connectivity index is 0.000001000. The Bertz CT molecular complexity index is 240. The van der Waals surface area contributed by atoms with Gasteiger partial charge in [0.05, 0.1) is 0 Å². The Hall–Kier alpha value is 0.616. The van der Waals surface area contributed by atoms with Crippen LogP contribution in [0.15, 0.2) is 12.1 Å². The number of benzene rings is 1. The molecule has 0 unspecified atom stereocenters. The molecule has 5 heteroatoms. The zero-order valence-corrected chi connectivity index (χ0v) is 9.13. The van der Waals surface area contributed by atoms with Crippen LogP contribution in [0.25, 0.3) is 0 Å². The van der Waals surface area contributed by atoms with Gasteiger partial charge < -0.3 is 17.0 Å². The molecule has 0 heterocycles. The van der Waals surface area contributed by atoms with Gasteiger partial charge in [0.1, 0.15) is 0 Å². The molecule has 11 heavy (non-hydrogen) atoms. The first-order valence-corrected chi connectivity index (χ1v) is 3.67. The molecule has 0 saturated heterocycles. The maximum atomic E-state index is 12.6. The molecule has 0 atom stereocenters. The van der Waals surface area contributed by atoms with Crippen molar-refractivity contribution in [2.45, 2.75) is 0 Å². The standard InChI is InChI=1S/C6H2ClF2.BrH.Mg/c7-6-4(8)2-1-3-5(6)9;;/h1-2H;1H;/q;;+1/p-1. The van der Waals surface area contributed by atoms with E-state index in [2.05, 4.69) is 0 Å². The number of rotatable bonds is 0. The summed E-state index contributed by atoms with van der Waals surface area (Å²) in [6.07, 6.45) is 0. The van der Waals surface area contributed by atoms with Crippen molar-refractivity contribution >= 4 is 37.0 Å². The van der Waals surface area contributed by atoms with Crippen molar-refractivity contribution in [3.05, 3.63) is 28.8 Å². The maximum absolute atomic E-state index is 12.6. The van der Waals surface area contributed by atoms with Crippen LogP contribution in [0.5, 0.6) is 0 Å². The molecule has 0 amide bonds. The summed E-state index contributed by atoms with van der Waals surface area (Å²) in [5.41, 5.74) is 0. The maximum Gasteiger partial charge on any atom is -1.00 e. The fourth-order valence-electron chi connectivity index (χ4n) is 0.566. The second-order valence-corrected chi connectivity index (χ2v) is 2.97. The van der Waals surface area contributed by atoms with E-state index in [1.54, 1.807) is 0 Å². The second-order valence-electron chi connectivity index (χ2n) is 1.83. The zero-order chi connectivity index (χ0) is 7.72. The predicted octanol–water partition coefficient (Wildman–Crippen LogP) is -1.58. The van der Waals surface area contributed by atoms with Crippen LogP contribution in [-0.2, 0) is 0 Å². The fourth-order valence-corrected chi connectivity index (χ4v) is 1.16. The molecule has 0 aliphatic heterocycles. The van der Waals surface area contributed by atoms with Crippen LogP contribution in [0.2, 0.25) is 5.02 Å². The molecule has 0 aliphatic rings. The summed E-state index contributed by atoms with van der Waals surface area (Å²) < 4.78 is 25.4. The van der Waals surface area contributed by atoms with Gasteiger partial charge in [-0.25, -0.2) is 0 Å². The second kappa shape index (κ2) is 4.60. The van der Waals surface area contributed by atoms with Gasteiger partial charge in [0.15, 0.2) is 0 Å². The van der Waals surface area contributed by atoms with Crippen LogP contribution in [0.4, 0.5) is 8.78 Å². The van der Waals surface area contributed by atoms with Crippen LogP contribution in [-0.4, -0.2) is 21.7 Å². The van der Waals surface area contributed by atoms with Gasteiger partial charge in [-0.1, -0.05) is 0 Å². The topological polar surface area (TPSA) is 0 Å². The Kier molecular flexibility index (Phi) is 4.85. The predicted molar refractivity (Wildman–Crippen MR) is 36.8 cm³/mol. The van der Waals surface area contributed by atoms with E-state index in [4.69, 9.17) is 11.6 Å². The normalized spacial score (nSPS) is 9.18. The van der Waals surface area contributed by atoms with Gasteiger partial charge in [0.25, 0.3) is 0 Å². The first kappa shape index (κ1) is 11.6. The van der Waals surface area contributed by atoms with Gasteiger partial charge in [-0.05, 0) is 0 Å². The molecule has 56 valence electrons. The van der Waals surface area contributed by atoms with Gasteiger partial charge in [0, 0.05) is 0 Å². The molecule has 0 saturated carbocycles. The minimum Gasteiger partial charge on any atom is -1.00 e. The summed E-state index contributed by atoms with van der Waals surface area (Å²) in [6.45, 7) is 0. The third kappa shape index (κ3) is 2.54. The third-order valence-electron chi connectivity index (χ3n) is 1.12. The summed E-state index contributed by atoms with van der Waals surface area (Å²) in [4.78, 5) is 0. The monoisotopic (exact) mass is 250 g/mol. The van der Waals surface area contributed by atoms with Crippen molar-refractivity contribution in [3.63, 3.8) is 0 Å². The summed E-state index contributed by atoms with van der Waals surface area (Å²) in [6, 6.07) is 2.50. The third-order valence-corrected chi connectivity index (χ3v) is 2.01. The molecule has 0 nitrogen and oxygen atoms in total. The quantitative estimate of drug-likeness (QED) is 0.386. The van der Waals surface area contributed by atoms with Crippen molar-refractivity contribution < 1.29 is 25.8 Å². The van der Waals surface area contributed by atoms with E-state index >= 15 is 0 Å². The molecule has 1 aromatic carbocycles. The minimum atomic E-state index is -0.713. The molecule has 1 rings (SSSR count). The van der Waals surface area contributed by atoms with Crippen molar-refractivity contribution in [2.75, 3.05) is 0 Å². The minimum absolute atomic E-state index is 0. The number of hydrogen-bond donors (Lipinski definition) is 0.